The Morgan fingerprint density at radius 1 is 1.00 bits per heavy atom. The smallest absolute Gasteiger partial charge is 0.307 e. The zero-order valence-electron chi connectivity index (χ0n) is 36.1. The molecule has 0 aliphatic carbocycles. The number of likely N-dealkylation sites (N-methyl/N-ethyl adjacent to an activating group) is 1. The number of carboxylic acids is 1. The highest BCUT2D eigenvalue weighted by atomic mass is 32.1. The van der Waals surface area contributed by atoms with E-state index in [9.17, 15) is 39.0 Å². The van der Waals surface area contributed by atoms with Crippen LogP contribution in [-0.4, -0.2) is 105 Å². The van der Waals surface area contributed by atoms with Crippen LogP contribution in [0, 0.1) is 23.7 Å². The van der Waals surface area contributed by atoms with Crippen molar-refractivity contribution < 1.29 is 48.5 Å². The number of piperidine rings is 1. The number of amides is 3. The normalized spacial score (nSPS) is 17.6. The summed E-state index contributed by atoms with van der Waals surface area (Å²) in [5, 5.41) is 27.1. The van der Waals surface area contributed by atoms with Crippen molar-refractivity contribution in [3.8, 4) is 5.75 Å². The van der Waals surface area contributed by atoms with Crippen LogP contribution in [0.5, 0.6) is 5.75 Å². The Morgan fingerprint density at radius 3 is 2.25 bits per heavy atom. The summed E-state index contributed by atoms with van der Waals surface area (Å²) < 4.78 is 11.5. The highest BCUT2D eigenvalue weighted by molar-refractivity contribution is 7.09. The lowest BCUT2D eigenvalue weighted by molar-refractivity contribution is -0.161. The van der Waals surface area contributed by atoms with Crippen molar-refractivity contribution in [1.82, 2.24) is 25.4 Å². The molecule has 0 radical (unpaired) electrons. The maximum Gasteiger partial charge on any atom is 0.307 e. The number of phenols is 1. The van der Waals surface area contributed by atoms with Crippen LogP contribution in [0.15, 0.2) is 29.6 Å². The standard InChI is InChI=1S/C43H65N5O10S/c1-10-27(6)38(46-40(53)34-13-11-12-18-47(34)9)42(54)48(24-57-37(51)19-25(2)3)35(26(4)5)22-36(58-29(8)49)41-45-33(23-59-41)39(52)44-31(20-28(7)43(55)56)21-30-14-16-32(50)17-15-30/h14-17,23,25-28,31,34-36,38,50H,10-13,18-22,24H2,1-9H3,(H,44,52)(H,46,53)(H,55,56)/t27-,28-,31+,34+,35+,36+,38-/m1/s1. The van der Waals surface area contributed by atoms with E-state index in [4.69, 9.17) is 9.47 Å². The van der Waals surface area contributed by atoms with Crippen molar-refractivity contribution in [3.63, 3.8) is 0 Å². The average molecular weight is 844 g/mol. The molecule has 1 aromatic heterocycles. The van der Waals surface area contributed by atoms with Crippen molar-refractivity contribution in [3.05, 3.63) is 45.9 Å². The molecule has 4 N–H and O–H groups in total. The van der Waals surface area contributed by atoms with Crippen LogP contribution in [-0.2, 0) is 39.9 Å². The first-order valence-electron chi connectivity index (χ1n) is 20.7. The number of esters is 2. The number of carbonyl (C=O) groups is 6. The minimum atomic E-state index is -1.01. The number of rotatable bonds is 22. The van der Waals surface area contributed by atoms with Gasteiger partial charge in [0.1, 0.15) is 22.5 Å². The molecule has 3 amide bonds. The second-order valence-electron chi connectivity index (χ2n) is 16.6. The number of aromatic hydroxyl groups is 1. The van der Waals surface area contributed by atoms with E-state index in [0.29, 0.717) is 24.3 Å². The van der Waals surface area contributed by atoms with Crippen LogP contribution in [0.3, 0.4) is 0 Å². The van der Waals surface area contributed by atoms with Gasteiger partial charge in [0.15, 0.2) is 12.8 Å². The predicted molar refractivity (Wildman–Crippen MR) is 223 cm³/mol. The van der Waals surface area contributed by atoms with Crippen molar-refractivity contribution in [2.75, 3.05) is 20.3 Å². The predicted octanol–water partition coefficient (Wildman–Crippen LogP) is 5.71. The number of hydrogen-bond donors (Lipinski definition) is 4. The Balaban J connectivity index is 1.96. The quantitative estimate of drug-likeness (QED) is 0.0832. The maximum atomic E-state index is 14.8. The first kappa shape index (κ1) is 48.8. The Bertz CT molecular complexity index is 1720. The van der Waals surface area contributed by atoms with Gasteiger partial charge < -0.3 is 35.2 Å². The van der Waals surface area contributed by atoms with Crippen molar-refractivity contribution >= 4 is 47.0 Å². The first-order valence-corrected chi connectivity index (χ1v) is 21.6. The molecule has 2 aromatic rings. The van der Waals surface area contributed by atoms with E-state index in [1.165, 1.54) is 29.3 Å². The third-order valence-electron chi connectivity index (χ3n) is 10.8. The summed E-state index contributed by atoms with van der Waals surface area (Å²) in [5.74, 6) is -4.54. The van der Waals surface area contributed by atoms with Gasteiger partial charge >= 0.3 is 17.9 Å². The Hall–Kier alpha value is -4.57. The van der Waals surface area contributed by atoms with Gasteiger partial charge in [0.25, 0.3) is 5.91 Å². The molecule has 2 heterocycles. The van der Waals surface area contributed by atoms with E-state index in [0.717, 1.165) is 36.3 Å². The molecule has 16 heteroatoms. The number of ether oxygens (including phenoxy) is 2. The van der Waals surface area contributed by atoms with E-state index in [1.807, 2.05) is 53.5 Å². The van der Waals surface area contributed by atoms with Gasteiger partial charge in [0.05, 0.1) is 12.0 Å². The van der Waals surface area contributed by atoms with Crippen LogP contribution in [0.4, 0.5) is 0 Å². The molecule has 15 nitrogen and oxygen atoms in total. The molecule has 7 atom stereocenters. The van der Waals surface area contributed by atoms with Gasteiger partial charge in [-0.25, -0.2) is 4.98 Å². The average Bonchev–Trinajstić information content (AvgIpc) is 3.67. The number of likely N-dealkylation sites (tertiary alicyclic amines) is 1. The fourth-order valence-electron chi connectivity index (χ4n) is 7.19. The second-order valence-corrected chi connectivity index (χ2v) is 17.5. The number of nitrogens with one attached hydrogen (secondary N) is 2. The zero-order valence-corrected chi connectivity index (χ0v) is 36.9. The Morgan fingerprint density at radius 2 is 1.68 bits per heavy atom. The summed E-state index contributed by atoms with van der Waals surface area (Å²) >= 11 is 1.10. The number of benzene rings is 1. The van der Waals surface area contributed by atoms with Crippen LogP contribution in [0.1, 0.15) is 127 Å². The topological polar surface area (TPSA) is 205 Å². The van der Waals surface area contributed by atoms with Gasteiger partial charge in [0, 0.05) is 37.2 Å². The highest BCUT2D eigenvalue weighted by Crippen LogP contribution is 2.32. The summed E-state index contributed by atoms with van der Waals surface area (Å²) in [6.45, 7) is 14.6. The number of aliphatic carboxylic acids is 1. The zero-order chi connectivity index (χ0) is 44.0. The maximum absolute atomic E-state index is 14.8. The highest BCUT2D eigenvalue weighted by Gasteiger charge is 2.39. The third kappa shape index (κ3) is 15.2. The number of thiazole rings is 1. The van der Waals surface area contributed by atoms with E-state index in [-0.39, 0.29) is 60.4 Å². The molecule has 0 saturated carbocycles. The van der Waals surface area contributed by atoms with Crippen molar-refractivity contribution in [1.29, 1.82) is 0 Å². The molecular weight excluding hydrogens is 779 g/mol. The van der Waals surface area contributed by atoms with E-state index in [1.54, 1.807) is 19.1 Å². The lowest BCUT2D eigenvalue weighted by Gasteiger charge is -2.39. The summed E-state index contributed by atoms with van der Waals surface area (Å²) in [7, 11) is 1.90. The Kier molecular flexibility index (Phi) is 19.3. The fourth-order valence-corrected chi connectivity index (χ4v) is 8.03. The molecule has 1 aliphatic heterocycles. The molecule has 0 spiro atoms. The van der Waals surface area contributed by atoms with Crippen LogP contribution in [0.2, 0.25) is 0 Å². The molecule has 0 bridgehead atoms. The molecule has 1 saturated heterocycles. The third-order valence-corrected chi connectivity index (χ3v) is 11.8. The molecular formula is C43H65N5O10S. The minimum absolute atomic E-state index is 0.0143. The molecule has 59 heavy (non-hydrogen) atoms. The number of carbonyl (C=O) groups excluding carboxylic acids is 5. The summed E-state index contributed by atoms with van der Waals surface area (Å²) in [4.78, 5) is 87.4. The fraction of sp³-hybridized carbons (Fsp3) is 0.651. The van der Waals surface area contributed by atoms with E-state index < -0.39 is 66.6 Å². The monoisotopic (exact) mass is 843 g/mol. The SMILES string of the molecule is CC[C@@H](C)[C@@H](NC(=O)[C@@H]1CCCCN1C)C(=O)N(COC(=O)CC(C)C)[C@@H](C[C@H](OC(C)=O)c1nc(C(=O)N[C@H](Cc2ccc(O)cc2)C[C@@H](C)C(=O)O)cs1)C(C)C. The molecule has 1 aliphatic rings. The van der Waals surface area contributed by atoms with Gasteiger partial charge in [-0.3, -0.25) is 33.7 Å². The summed E-state index contributed by atoms with van der Waals surface area (Å²) in [5.41, 5.74) is 0.814. The van der Waals surface area contributed by atoms with Crippen LogP contribution >= 0.6 is 11.3 Å². The number of hydrogen-bond acceptors (Lipinski definition) is 12. The molecule has 328 valence electrons. The van der Waals surface area contributed by atoms with Gasteiger partial charge in [0.2, 0.25) is 11.8 Å². The van der Waals surface area contributed by atoms with Gasteiger partial charge in [-0.2, -0.15) is 0 Å². The summed E-state index contributed by atoms with van der Waals surface area (Å²) in [6, 6.07) is 3.83. The number of carboxylic acid groups (broad SMARTS) is 1. The molecule has 0 unspecified atom stereocenters. The van der Waals surface area contributed by atoms with Crippen molar-refractivity contribution in [2.24, 2.45) is 23.7 Å². The Labute approximate surface area is 352 Å². The lowest BCUT2D eigenvalue weighted by atomic mass is 9.92. The minimum Gasteiger partial charge on any atom is -0.508 e. The molecule has 3 rings (SSSR count). The summed E-state index contributed by atoms with van der Waals surface area (Å²) in [6.07, 6.45) is 2.73. The largest absolute Gasteiger partial charge is 0.508 e. The van der Waals surface area contributed by atoms with Crippen LogP contribution < -0.4 is 10.6 Å². The lowest BCUT2D eigenvalue weighted by Crippen LogP contribution is -2.59. The number of aromatic nitrogens is 1. The van der Waals surface area contributed by atoms with E-state index >= 15 is 0 Å². The van der Waals surface area contributed by atoms with E-state index in [2.05, 4.69) is 15.6 Å². The molecule has 1 fully saturated rings. The number of nitrogens with zero attached hydrogens (tertiary/aromatic N) is 3. The number of phenolic OH excluding ortho intramolecular Hbond substituents is 1. The van der Waals surface area contributed by atoms with Crippen LogP contribution in [0.25, 0.3) is 0 Å². The van der Waals surface area contributed by atoms with Gasteiger partial charge in [-0.15, -0.1) is 11.3 Å². The first-order chi connectivity index (χ1) is 27.8. The van der Waals surface area contributed by atoms with Gasteiger partial charge in [-0.05, 0) is 74.7 Å². The van der Waals surface area contributed by atoms with Crippen molar-refractivity contribution in [2.45, 2.75) is 137 Å². The molecule has 1 aromatic carbocycles. The second kappa shape index (κ2) is 23.3. The van der Waals surface area contributed by atoms with Gasteiger partial charge in [-0.1, -0.05) is 73.4 Å².